The first-order valence-corrected chi connectivity index (χ1v) is 12.3. The van der Waals surface area contributed by atoms with Gasteiger partial charge in [-0.3, -0.25) is 4.90 Å². The minimum absolute atomic E-state index is 0.199. The Hall–Kier alpha value is -2.55. The first-order valence-electron chi connectivity index (χ1n) is 11.3. The number of nitrogens with zero attached hydrogens (tertiary/aromatic N) is 4. The summed E-state index contributed by atoms with van der Waals surface area (Å²) in [5.41, 5.74) is 3.41. The van der Waals surface area contributed by atoms with Crippen molar-refractivity contribution in [3.63, 3.8) is 0 Å². The van der Waals surface area contributed by atoms with Gasteiger partial charge in [-0.15, -0.1) is 10.2 Å². The molecular formula is C25H32N4O3S. The topological polar surface area (TPSA) is 72.6 Å². The summed E-state index contributed by atoms with van der Waals surface area (Å²) < 4.78 is 13.4. The van der Waals surface area contributed by atoms with Gasteiger partial charge in [-0.1, -0.05) is 36.0 Å². The number of ether oxygens (including phenoxy) is 2. The molecule has 1 aromatic heterocycles. The number of aromatic hydroxyl groups is 1. The van der Waals surface area contributed by atoms with Gasteiger partial charge in [0, 0.05) is 24.5 Å². The molecule has 0 unspecified atom stereocenters. The number of phenolic OH excluding ortho intramolecular Hbond substituents is 1. The third-order valence-electron chi connectivity index (χ3n) is 5.96. The molecule has 3 aromatic rings. The second-order valence-corrected chi connectivity index (χ2v) is 9.47. The van der Waals surface area contributed by atoms with E-state index in [2.05, 4.69) is 50.9 Å². The maximum absolute atomic E-state index is 10.3. The molecule has 2 aromatic carbocycles. The van der Waals surface area contributed by atoms with E-state index in [0.29, 0.717) is 13.1 Å². The summed E-state index contributed by atoms with van der Waals surface area (Å²) in [5.74, 6) is 2.75. The van der Waals surface area contributed by atoms with Crippen LogP contribution in [0, 0.1) is 6.92 Å². The van der Waals surface area contributed by atoms with Gasteiger partial charge in [-0.2, -0.15) is 0 Å². The number of methoxy groups -OCH3 is 1. The van der Waals surface area contributed by atoms with Crippen LogP contribution in [0.3, 0.4) is 0 Å². The van der Waals surface area contributed by atoms with E-state index in [1.807, 2.05) is 13.1 Å². The highest BCUT2D eigenvalue weighted by molar-refractivity contribution is 7.98. The van der Waals surface area contributed by atoms with Crippen LogP contribution < -0.4 is 4.74 Å². The SMILES string of the molecule is COc1ccc(O)c(CN(C)Cc2nnc(SCc3ccccc3C)n2C[C@@H]2CCCO2)c1. The van der Waals surface area contributed by atoms with Crippen LogP contribution in [-0.2, 0) is 30.1 Å². The average Bonchev–Trinajstić information content (AvgIpc) is 3.46. The van der Waals surface area contributed by atoms with Crippen molar-refractivity contribution in [3.05, 3.63) is 65.0 Å². The molecule has 1 N–H and O–H groups in total. The summed E-state index contributed by atoms with van der Waals surface area (Å²) in [7, 11) is 3.65. The van der Waals surface area contributed by atoms with Gasteiger partial charge in [0.2, 0.25) is 0 Å². The van der Waals surface area contributed by atoms with Gasteiger partial charge in [-0.05, 0) is 56.1 Å². The molecule has 1 atom stereocenters. The van der Waals surface area contributed by atoms with Gasteiger partial charge >= 0.3 is 0 Å². The third-order valence-corrected chi connectivity index (χ3v) is 6.98. The number of aromatic nitrogens is 3. The standard InChI is InChI=1S/C25H32N4O3S/c1-18-7-4-5-8-19(18)17-33-25-27-26-24(29(25)15-22-9-6-12-32-22)16-28(2)14-20-13-21(31-3)10-11-23(20)30/h4-5,7-8,10-11,13,22,30H,6,9,12,14-17H2,1-3H3/t22-/m0/s1. The molecule has 33 heavy (non-hydrogen) atoms. The predicted octanol–water partition coefficient (Wildman–Crippen LogP) is 4.40. The summed E-state index contributed by atoms with van der Waals surface area (Å²) in [6, 6.07) is 13.7. The molecule has 1 saturated heterocycles. The second kappa shape index (κ2) is 11.0. The van der Waals surface area contributed by atoms with Crippen LogP contribution in [0.25, 0.3) is 0 Å². The van der Waals surface area contributed by atoms with Crippen molar-refractivity contribution in [1.29, 1.82) is 0 Å². The van der Waals surface area contributed by atoms with Crippen molar-refractivity contribution >= 4 is 11.8 Å². The minimum atomic E-state index is 0.199. The lowest BCUT2D eigenvalue weighted by Gasteiger charge is -2.20. The fourth-order valence-corrected chi connectivity index (χ4v) is 5.08. The first kappa shape index (κ1) is 23.6. The van der Waals surface area contributed by atoms with Crippen molar-refractivity contribution in [3.8, 4) is 11.5 Å². The Morgan fingerprint density at radius 3 is 2.79 bits per heavy atom. The lowest BCUT2D eigenvalue weighted by atomic mass is 10.1. The summed E-state index contributed by atoms with van der Waals surface area (Å²) in [4.78, 5) is 2.13. The van der Waals surface area contributed by atoms with Crippen LogP contribution >= 0.6 is 11.8 Å². The van der Waals surface area contributed by atoms with Crippen molar-refractivity contribution in [1.82, 2.24) is 19.7 Å². The number of phenols is 1. The number of rotatable bonds is 10. The van der Waals surface area contributed by atoms with Crippen molar-refractivity contribution < 1.29 is 14.6 Å². The van der Waals surface area contributed by atoms with E-state index in [1.165, 1.54) is 11.1 Å². The molecule has 1 aliphatic heterocycles. The highest BCUT2D eigenvalue weighted by atomic mass is 32.2. The van der Waals surface area contributed by atoms with E-state index < -0.39 is 0 Å². The Bertz CT molecular complexity index is 1070. The summed E-state index contributed by atoms with van der Waals surface area (Å²) in [6.07, 6.45) is 2.36. The molecule has 0 radical (unpaired) electrons. The molecule has 8 heteroatoms. The van der Waals surface area contributed by atoms with Gasteiger partial charge in [0.15, 0.2) is 5.16 Å². The molecule has 2 heterocycles. The maximum atomic E-state index is 10.3. The van der Waals surface area contributed by atoms with E-state index >= 15 is 0 Å². The summed E-state index contributed by atoms with van der Waals surface area (Å²) in [5, 5.41) is 20.2. The predicted molar refractivity (Wildman–Crippen MR) is 130 cm³/mol. The average molecular weight is 469 g/mol. The summed E-state index contributed by atoms with van der Waals surface area (Å²) in [6.45, 7) is 4.91. The quantitative estimate of drug-likeness (QED) is 0.442. The van der Waals surface area contributed by atoms with Gasteiger partial charge in [0.1, 0.15) is 17.3 Å². The van der Waals surface area contributed by atoms with Crippen LogP contribution in [0.2, 0.25) is 0 Å². The van der Waals surface area contributed by atoms with Crippen molar-refractivity contribution in [2.75, 3.05) is 20.8 Å². The van der Waals surface area contributed by atoms with E-state index in [4.69, 9.17) is 9.47 Å². The normalized spacial score (nSPS) is 15.9. The largest absolute Gasteiger partial charge is 0.508 e. The molecule has 0 aliphatic carbocycles. The van der Waals surface area contributed by atoms with Crippen LogP contribution in [-0.4, -0.2) is 51.6 Å². The molecule has 176 valence electrons. The smallest absolute Gasteiger partial charge is 0.191 e. The minimum Gasteiger partial charge on any atom is -0.508 e. The number of benzene rings is 2. The van der Waals surface area contributed by atoms with Gasteiger partial charge < -0.3 is 19.1 Å². The third kappa shape index (κ3) is 6.07. The lowest BCUT2D eigenvalue weighted by molar-refractivity contribution is 0.0934. The highest BCUT2D eigenvalue weighted by Gasteiger charge is 2.22. The second-order valence-electron chi connectivity index (χ2n) is 8.53. The fraction of sp³-hybridized carbons (Fsp3) is 0.440. The van der Waals surface area contributed by atoms with E-state index in [0.717, 1.165) is 54.0 Å². The highest BCUT2D eigenvalue weighted by Crippen LogP contribution is 2.27. The van der Waals surface area contributed by atoms with Gasteiger partial charge in [-0.25, -0.2) is 0 Å². The van der Waals surface area contributed by atoms with Crippen LogP contribution in [0.1, 0.15) is 35.4 Å². The Morgan fingerprint density at radius 2 is 2.03 bits per heavy atom. The molecule has 0 amide bonds. The van der Waals surface area contributed by atoms with Crippen LogP contribution in [0.5, 0.6) is 11.5 Å². The Morgan fingerprint density at radius 1 is 1.18 bits per heavy atom. The zero-order valence-corrected chi connectivity index (χ0v) is 20.3. The Kier molecular flexibility index (Phi) is 7.90. The number of hydrogen-bond acceptors (Lipinski definition) is 7. The van der Waals surface area contributed by atoms with E-state index in [9.17, 15) is 5.11 Å². The van der Waals surface area contributed by atoms with E-state index in [1.54, 1.807) is 31.0 Å². The zero-order valence-electron chi connectivity index (χ0n) is 19.5. The Labute approximate surface area is 199 Å². The van der Waals surface area contributed by atoms with Gasteiger partial charge in [0.25, 0.3) is 0 Å². The van der Waals surface area contributed by atoms with E-state index in [-0.39, 0.29) is 11.9 Å². The molecule has 4 rings (SSSR count). The monoisotopic (exact) mass is 468 g/mol. The molecule has 1 aliphatic rings. The molecule has 0 saturated carbocycles. The maximum Gasteiger partial charge on any atom is 0.191 e. The molecule has 7 nitrogen and oxygen atoms in total. The number of hydrogen-bond donors (Lipinski definition) is 1. The number of thioether (sulfide) groups is 1. The van der Waals surface area contributed by atoms with Crippen LogP contribution in [0.15, 0.2) is 47.6 Å². The molecule has 1 fully saturated rings. The molecular weight excluding hydrogens is 436 g/mol. The van der Waals surface area contributed by atoms with Crippen molar-refractivity contribution in [2.45, 2.75) is 56.4 Å². The molecule has 0 spiro atoms. The molecule has 0 bridgehead atoms. The Balaban J connectivity index is 1.49. The number of aryl methyl sites for hydroxylation is 1. The van der Waals surface area contributed by atoms with Crippen molar-refractivity contribution in [2.24, 2.45) is 0 Å². The first-order chi connectivity index (χ1) is 16.0. The van der Waals surface area contributed by atoms with Crippen LogP contribution in [0.4, 0.5) is 0 Å². The van der Waals surface area contributed by atoms with Gasteiger partial charge in [0.05, 0.1) is 26.3 Å². The lowest BCUT2D eigenvalue weighted by Crippen LogP contribution is -2.23. The fourth-order valence-electron chi connectivity index (χ4n) is 4.04. The summed E-state index contributed by atoms with van der Waals surface area (Å²) >= 11 is 1.72. The zero-order chi connectivity index (χ0) is 23.2.